The highest BCUT2D eigenvalue weighted by Crippen LogP contribution is 2.38. The third kappa shape index (κ3) is 9.50. The smallest absolute Gasteiger partial charge is 0.326 e. The lowest BCUT2D eigenvalue weighted by atomic mass is 9.88. The molecule has 0 radical (unpaired) electrons. The van der Waals surface area contributed by atoms with E-state index >= 15 is 0 Å². The molecule has 3 N–H and O–H groups in total. The molecule has 1 aliphatic rings. The number of benzene rings is 2. The lowest BCUT2D eigenvalue weighted by molar-refractivity contribution is -0.118. The van der Waals surface area contributed by atoms with E-state index < -0.39 is 11.6 Å². The second-order valence-electron chi connectivity index (χ2n) is 13.8. The van der Waals surface area contributed by atoms with Crippen LogP contribution in [0, 0.1) is 0 Å². The normalized spacial score (nSPS) is 13.5. The first-order valence-corrected chi connectivity index (χ1v) is 18.0. The van der Waals surface area contributed by atoms with Gasteiger partial charge in [0.1, 0.15) is 17.1 Å². The highest BCUT2D eigenvalue weighted by atomic mass is 16.5. The van der Waals surface area contributed by atoms with Gasteiger partial charge in [0, 0.05) is 43.8 Å². The van der Waals surface area contributed by atoms with Crippen molar-refractivity contribution in [3.05, 3.63) is 82.3 Å². The molecule has 1 fully saturated rings. The number of nitrogens with zero attached hydrogens (tertiary/aromatic N) is 3. The third-order valence-electron chi connectivity index (χ3n) is 9.24. The predicted octanol–water partition coefficient (Wildman–Crippen LogP) is 7.66. The van der Waals surface area contributed by atoms with Crippen LogP contribution in [0.15, 0.2) is 65.6 Å². The van der Waals surface area contributed by atoms with Crippen LogP contribution < -0.4 is 25.8 Å². The molecule has 4 aromatic rings. The van der Waals surface area contributed by atoms with Gasteiger partial charge in [0.15, 0.2) is 0 Å². The summed E-state index contributed by atoms with van der Waals surface area (Å²) in [7, 11) is 0. The number of anilines is 2. The molecule has 0 bridgehead atoms. The van der Waals surface area contributed by atoms with Crippen molar-refractivity contribution in [3.8, 4) is 16.9 Å². The molecule has 0 saturated carbocycles. The summed E-state index contributed by atoms with van der Waals surface area (Å²) >= 11 is 0. The molecule has 3 heterocycles. The van der Waals surface area contributed by atoms with Crippen LogP contribution in [0.1, 0.15) is 89.7 Å². The van der Waals surface area contributed by atoms with Crippen molar-refractivity contribution in [3.63, 3.8) is 0 Å². The molecule has 5 rings (SSSR count). The number of aromatic nitrogens is 2. The molecule has 2 aromatic heterocycles. The number of aromatic amines is 1. The summed E-state index contributed by atoms with van der Waals surface area (Å²) in [5, 5.41) is 6.71. The Morgan fingerprint density at radius 1 is 0.940 bits per heavy atom. The predicted molar refractivity (Wildman–Crippen MR) is 202 cm³/mol. The monoisotopic (exact) mass is 680 g/mol. The minimum Gasteiger partial charge on any atom is -0.494 e. The van der Waals surface area contributed by atoms with E-state index in [0.29, 0.717) is 30.6 Å². The molecule has 1 aliphatic heterocycles. The quantitative estimate of drug-likeness (QED) is 0.118. The Balaban J connectivity index is 1.41. The third-order valence-corrected chi connectivity index (χ3v) is 9.24. The van der Waals surface area contributed by atoms with Gasteiger partial charge in [-0.25, -0.2) is 9.78 Å². The minimum absolute atomic E-state index is 0.0975. The Labute approximate surface area is 295 Å². The molecule has 266 valence electrons. The van der Waals surface area contributed by atoms with Crippen LogP contribution in [0.5, 0.6) is 5.75 Å². The van der Waals surface area contributed by atoms with Crippen molar-refractivity contribution in [2.24, 2.45) is 0 Å². The summed E-state index contributed by atoms with van der Waals surface area (Å²) in [6, 6.07) is 17.4. The fraction of sp³-hybridized carbons (Fsp3) is 0.450. The molecule has 3 amide bonds. The van der Waals surface area contributed by atoms with E-state index in [0.717, 1.165) is 46.7 Å². The number of ether oxygens (including phenoxy) is 1. The Morgan fingerprint density at radius 2 is 1.68 bits per heavy atom. The van der Waals surface area contributed by atoms with Gasteiger partial charge in [-0.2, -0.15) is 0 Å². The van der Waals surface area contributed by atoms with Gasteiger partial charge < -0.3 is 25.3 Å². The summed E-state index contributed by atoms with van der Waals surface area (Å²) in [6.07, 6.45) is 7.00. The van der Waals surface area contributed by atoms with Crippen molar-refractivity contribution in [2.75, 3.05) is 49.5 Å². The van der Waals surface area contributed by atoms with Crippen molar-refractivity contribution in [2.45, 2.75) is 78.6 Å². The number of carbonyl (C=O) groups excluding carboxylic acids is 2. The van der Waals surface area contributed by atoms with Crippen molar-refractivity contribution in [1.82, 2.24) is 20.2 Å². The Kier molecular flexibility index (Phi) is 12.7. The summed E-state index contributed by atoms with van der Waals surface area (Å²) in [4.78, 5) is 50.1. The first kappa shape index (κ1) is 36.6. The summed E-state index contributed by atoms with van der Waals surface area (Å²) in [5.74, 6) is 0.894. The van der Waals surface area contributed by atoms with Gasteiger partial charge in [0.25, 0.3) is 5.56 Å². The number of pyridine rings is 2. The van der Waals surface area contributed by atoms with E-state index in [2.05, 4.69) is 77.5 Å². The van der Waals surface area contributed by atoms with Crippen molar-refractivity contribution in [1.29, 1.82) is 0 Å². The summed E-state index contributed by atoms with van der Waals surface area (Å²) in [5.41, 5.74) is 5.11. The molecular weight excluding hydrogens is 628 g/mol. The van der Waals surface area contributed by atoms with E-state index in [-0.39, 0.29) is 30.0 Å². The maximum Gasteiger partial charge on any atom is 0.326 e. The van der Waals surface area contributed by atoms with E-state index in [1.54, 1.807) is 18.3 Å². The molecule has 0 unspecified atom stereocenters. The first-order valence-electron chi connectivity index (χ1n) is 18.0. The number of hydrogen-bond acceptors (Lipinski definition) is 6. The number of carbonyl (C=O) groups is 2. The number of hydrogen-bond donors (Lipinski definition) is 3. The number of fused-ring (bicyclic) bond motifs is 1. The molecule has 0 aliphatic carbocycles. The zero-order valence-corrected chi connectivity index (χ0v) is 30.2. The Morgan fingerprint density at radius 3 is 2.38 bits per heavy atom. The largest absolute Gasteiger partial charge is 0.494 e. The van der Waals surface area contributed by atoms with Gasteiger partial charge in [-0.15, -0.1) is 0 Å². The zero-order valence-electron chi connectivity index (χ0n) is 30.2. The minimum atomic E-state index is -0.418. The van der Waals surface area contributed by atoms with Gasteiger partial charge in [0.2, 0.25) is 5.91 Å². The summed E-state index contributed by atoms with van der Waals surface area (Å²) in [6.45, 7) is 14.7. The number of piperidine rings is 1. The molecule has 0 spiro atoms. The topological polar surface area (TPSA) is 120 Å². The maximum atomic E-state index is 14.2. The molecular formula is C40H52N6O4. The summed E-state index contributed by atoms with van der Waals surface area (Å²) < 4.78 is 6.20. The fourth-order valence-electron chi connectivity index (χ4n) is 6.57. The van der Waals surface area contributed by atoms with Crippen LogP contribution in [0.25, 0.3) is 22.2 Å². The van der Waals surface area contributed by atoms with Crippen LogP contribution in [-0.2, 0) is 4.79 Å². The Hall–Kier alpha value is -4.70. The van der Waals surface area contributed by atoms with Crippen LogP contribution >= 0.6 is 0 Å². The standard InChI is InChI=1S/C40H52N6O4/c1-27(2)34-24-32(30-13-9-15-33(23-30)50-22-12-20-45-18-7-6-8-19-45)25-35(28(3)4)37(34)43-40(49)46(21-11-17-41-29(5)47)36-26-31-14-10-16-42-38(31)44-39(36)48/h9-10,13-16,23-28H,6-8,11-12,17-22H2,1-5H3,(H,41,47)(H,43,49)(H,42,44,48). The van der Waals surface area contributed by atoms with Gasteiger partial charge >= 0.3 is 6.03 Å². The van der Waals surface area contributed by atoms with Crippen LogP contribution in [0.3, 0.4) is 0 Å². The van der Waals surface area contributed by atoms with Crippen LogP contribution in [-0.4, -0.2) is 66.1 Å². The van der Waals surface area contributed by atoms with E-state index in [9.17, 15) is 14.4 Å². The fourth-order valence-corrected chi connectivity index (χ4v) is 6.57. The number of nitrogens with one attached hydrogen (secondary N) is 3. The molecule has 50 heavy (non-hydrogen) atoms. The van der Waals surface area contributed by atoms with E-state index in [4.69, 9.17) is 4.74 Å². The molecule has 10 heteroatoms. The van der Waals surface area contributed by atoms with Gasteiger partial charge in [-0.3, -0.25) is 14.5 Å². The second-order valence-corrected chi connectivity index (χ2v) is 13.8. The highest BCUT2D eigenvalue weighted by Gasteiger charge is 2.24. The van der Waals surface area contributed by atoms with E-state index in [1.165, 1.54) is 44.2 Å². The first-order chi connectivity index (χ1) is 24.1. The number of urea groups is 1. The number of rotatable bonds is 14. The van der Waals surface area contributed by atoms with Crippen molar-refractivity contribution >= 4 is 34.3 Å². The molecule has 2 aromatic carbocycles. The zero-order chi connectivity index (χ0) is 35.6. The lowest BCUT2D eigenvalue weighted by Crippen LogP contribution is -2.40. The van der Waals surface area contributed by atoms with Crippen molar-refractivity contribution < 1.29 is 14.3 Å². The number of amides is 3. The average Bonchev–Trinajstić information content (AvgIpc) is 3.10. The second kappa shape index (κ2) is 17.3. The van der Waals surface area contributed by atoms with Crippen LogP contribution in [0.2, 0.25) is 0 Å². The SMILES string of the molecule is CC(=O)NCCCN(C(=O)Nc1c(C(C)C)cc(-c2cccc(OCCCN3CCCCC3)c2)cc1C(C)C)c1cc2cccnc2[nH]c1=O. The van der Waals surface area contributed by atoms with Crippen LogP contribution in [0.4, 0.5) is 16.2 Å². The maximum absolute atomic E-state index is 14.2. The number of likely N-dealkylation sites (tertiary alicyclic amines) is 1. The molecule has 1 saturated heterocycles. The van der Waals surface area contributed by atoms with Gasteiger partial charge in [0.05, 0.1) is 6.61 Å². The molecule has 0 atom stereocenters. The van der Waals surface area contributed by atoms with Gasteiger partial charge in [-0.1, -0.05) is 46.2 Å². The van der Waals surface area contributed by atoms with E-state index in [1.807, 2.05) is 18.2 Å². The van der Waals surface area contributed by atoms with Gasteiger partial charge in [-0.05, 0) is 115 Å². The lowest BCUT2D eigenvalue weighted by Gasteiger charge is -2.27. The average molecular weight is 681 g/mol. The number of H-pyrrole nitrogens is 1. The highest BCUT2D eigenvalue weighted by molar-refractivity contribution is 6.03. The molecule has 10 nitrogen and oxygen atoms in total. The Bertz CT molecular complexity index is 1800.